The molecule has 1 amide bonds. The van der Waals surface area contributed by atoms with Crippen LogP contribution in [0, 0.1) is 6.92 Å². The summed E-state index contributed by atoms with van der Waals surface area (Å²) in [6, 6.07) is 15.8. The highest BCUT2D eigenvalue weighted by Crippen LogP contribution is 2.27. The van der Waals surface area contributed by atoms with Crippen LogP contribution in [0.1, 0.15) is 48.9 Å². The second kappa shape index (κ2) is 7.82. The van der Waals surface area contributed by atoms with Crippen LogP contribution in [0.5, 0.6) is 5.75 Å². The van der Waals surface area contributed by atoms with Crippen molar-refractivity contribution in [1.82, 2.24) is 5.32 Å². The molecule has 0 aromatic heterocycles. The van der Waals surface area contributed by atoms with Gasteiger partial charge in [0.1, 0.15) is 5.75 Å². The molecule has 0 aliphatic heterocycles. The van der Waals surface area contributed by atoms with E-state index in [4.69, 9.17) is 4.74 Å². The maximum absolute atomic E-state index is 12.7. The number of benzene rings is 2. The summed E-state index contributed by atoms with van der Waals surface area (Å²) in [6.07, 6.45) is 0.771. The summed E-state index contributed by atoms with van der Waals surface area (Å²) >= 11 is 0. The summed E-state index contributed by atoms with van der Waals surface area (Å²) < 4.78 is 5.42. The number of hydrogen-bond acceptors (Lipinski definition) is 2. The third-order valence-electron chi connectivity index (χ3n) is 4.14. The smallest absolute Gasteiger partial charge is 0.228 e. The molecular formula is C20H25NO2. The van der Waals surface area contributed by atoms with Gasteiger partial charge in [-0.1, -0.05) is 55.0 Å². The number of methoxy groups -OCH3 is 1. The summed E-state index contributed by atoms with van der Waals surface area (Å²) in [4.78, 5) is 12.7. The predicted molar refractivity (Wildman–Crippen MR) is 93.8 cm³/mol. The molecule has 0 saturated heterocycles. The second-order valence-corrected chi connectivity index (χ2v) is 5.85. The first-order valence-electron chi connectivity index (χ1n) is 8.06. The van der Waals surface area contributed by atoms with Crippen molar-refractivity contribution in [2.45, 2.75) is 39.2 Å². The molecule has 0 spiro atoms. The standard InChI is InChI=1S/C20H25NO2/c1-5-17(16-9-7-6-8-10-16)20(22)21-15(3)18-13-14(2)11-12-19(18)23-4/h6-13,15,17H,5H2,1-4H3,(H,21,22). The number of hydrogen-bond donors (Lipinski definition) is 1. The average Bonchev–Trinajstić information content (AvgIpc) is 2.56. The minimum absolute atomic E-state index is 0.0507. The van der Waals surface area contributed by atoms with Crippen molar-refractivity contribution in [3.8, 4) is 5.75 Å². The van der Waals surface area contributed by atoms with E-state index in [1.807, 2.05) is 63.2 Å². The maximum Gasteiger partial charge on any atom is 0.228 e. The van der Waals surface area contributed by atoms with Crippen molar-refractivity contribution >= 4 is 5.91 Å². The van der Waals surface area contributed by atoms with Crippen LogP contribution in [0.25, 0.3) is 0 Å². The van der Waals surface area contributed by atoms with Gasteiger partial charge in [0.15, 0.2) is 0 Å². The van der Waals surface area contributed by atoms with E-state index in [1.165, 1.54) is 0 Å². The summed E-state index contributed by atoms with van der Waals surface area (Å²) in [6.45, 7) is 6.07. The topological polar surface area (TPSA) is 38.3 Å². The number of aryl methyl sites for hydroxylation is 1. The van der Waals surface area contributed by atoms with Crippen LogP contribution in [0.2, 0.25) is 0 Å². The van der Waals surface area contributed by atoms with Crippen molar-refractivity contribution in [1.29, 1.82) is 0 Å². The van der Waals surface area contributed by atoms with Crippen molar-refractivity contribution in [2.75, 3.05) is 7.11 Å². The van der Waals surface area contributed by atoms with Crippen molar-refractivity contribution in [3.63, 3.8) is 0 Å². The molecule has 0 saturated carbocycles. The van der Waals surface area contributed by atoms with Crippen LogP contribution in [-0.4, -0.2) is 13.0 Å². The van der Waals surface area contributed by atoms with Crippen LogP contribution in [-0.2, 0) is 4.79 Å². The van der Waals surface area contributed by atoms with E-state index in [0.29, 0.717) is 0 Å². The van der Waals surface area contributed by atoms with Gasteiger partial charge in [-0.15, -0.1) is 0 Å². The van der Waals surface area contributed by atoms with E-state index in [2.05, 4.69) is 11.4 Å². The first-order chi connectivity index (χ1) is 11.1. The fraction of sp³-hybridized carbons (Fsp3) is 0.350. The molecule has 2 aromatic carbocycles. The SMILES string of the molecule is CCC(C(=O)NC(C)c1cc(C)ccc1OC)c1ccccc1. The monoisotopic (exact) mass is 311 g/mol. The average molecular weight is 311 g/mol. The molecular weight excluding hydrogens is 286 g/mol. The molecule has 0 radical (unpaired) electrons. The van der Waals surface area contributed by atoms with Gasteiger partial charge in [-0.2, -0.15) is 0 Å². The summed E-state index contributed by atoms with van der Waals surface area (Å²) in [7, 11) is 1.65. The van der Waals surface area contributed by atoms with Crippen LogP contribution in [0.4, 0.5) is 0 Å². The Hall–Kier alpha value is -2.29. The van der Waals surface area contributed by atoms with Gasteiger partial charge in [0.25, 0.3) is 0 Å². The first-order valence-corrected chi connectivity index (χ1v) is 8.06. The zero-order valence-corrected chi connectivity index (χ0v) is 14.3. The largest absolute Gasteiger partial charge is 0.496 e. The Balaban J connectivity index is 2.17. The molecule has 3 heteroatoms. The molecule has 0 bridgehead atoms. The van der Waals surface area contributed by atoms with Gasteiger partial charge < -0.3 is 10.1 Å². The number of amides is 1. The van der Waals surface area contributed by atoms with Gasteiger partial charge >= 0.3 is 0 Å². The van der Waals surface area contributed by atoms with Crippen LogP contribution < -0.4 is 10.1 Å². The van der Waals surface area contributed by atoms with E-state index >= 15 is 0 Å². The molecule has 2 aromatic rings. The van der Waals surface area contributed by atoms with E-state index in [-0.39, 0.29) is 17.9 Å². The Morgan fingerprint density at radius 3 is 2.48 bits per heavy atom. The fourth-order valence-corrected chi connectivity index (χ4v) is 2.84. The molecule has 23 heavy (non-hydrogen) atoms. The van der Waals surface area contributed by atoms with E-state index in [9.17, 15) is 4.79 Å². The number of carbonyl (C=O) groups is 1. The Morgan fingerprint density at radius 2 is 1.87 bits per heavy atom. The first kappa shape index (κ1) is 17.1. The predicted octanol–water partition coefficient (Wildman–Crippen LogP) is 4.37. The van der Waals surface area contributed by atoms with E-state index < -0.39 is 0 Å². The normalized spacial score (nSPS) is 13.2. The molecule has 0 aliphatic rings. The Labute approximate surface area is 138 Å². The van der Waals surface area contributed by atoms with Crippen LogP contribution in [0.3, 0.4) is 0 Å². The van der Waals surface area contributed by atoms with Gasteiger partial charge in [0, 0.05) is 5.56 Å². The summed E-state index contributed by atoms with van der Waals surface area (Å²) in [5.74, 6) is 0.723. The van der Waals surface area contributed by atoms with Gasteiger partial charge in [0.2, 0.25) is 5.91 Å². The lowest BCUT2D eigenvalue weighted by Crippen LogP contribution is -2.31. The molecule has 3 nitrogen and oxygen atoms in total. The molecule has 0 aliphatic carbocycles. The number of carbonyl (C=O) groups excluding carboxylic acids is 1. The van der Waals surface area contributed by atoms with Crippen molar-refractivity contribution in [3.05, 3.63) is 65.2 Å². The van der Waals surface area contributed by atoms with Crippen LogP contribution in [0.15, 0.2) is 48.5 Å². The number of nitrogens with one attached hydrogen (secondary N) is 1. The second-order valence-electron chi connectivity index (χ2n) is 5.85. The molecule has 122 valence electrons. The number of rotatable bonds is 6. The third kappa shape index (κ3) is 4.13. The zero-order valence-electron chi connectivity index (χ0n) is 14.3. The van der Waals surface area contributed by atoms with E-state index in [1.54, 1.807) is 7.11 Å². The van der Waals surface area contributed by atoms with Gasteiger partial charge in [-0.05, 0) is 31.9 Å². The van der Waals surface area contributed by atoms with Gasteiger partial charge in [-0.25, -0.2) is 0 Å². The Bertz CT molecular complexity index is 652. The summed E-state index contributed by atoms with van der Waals surface area (Å²) in [5, 5.41) is 3.13. The zero-order chi connectivity index (χ0) is 16.8. The minimum Gasteiger partial charge on any atom is -0.496 e. The maximum atomic E-state index is 12.7. The highest BCUT2D eigenvalue weighted by molar-refractivity contribution is 5.84. The molecule has 2 unspecified atom stereocenters. The highest BCUT2D eigenvalue weighted by atomic mass is 16.5. The molecule has 0 heterocycles. The van der Waals surface area contributed by atoms with E-state index in [0.717, 1.165) is 28.9 Å². The molecule has 1 N–H and O–H groups in total. The highest BCUT2D eigenvalue weighted by Gasteiger charge is 2.21. The third-order valence-corrected chi connectivity index (χ3v) is 4.14. The van der Waals surface area contributed by atoms with Gasteiger partial charge in [0.05, 0.1) is 19.1 Å². The summed E-state index contributed by atoms with van der Waals surface area (Å²) in [5.41, 5.74) is 3.21. The lowest BCUT2D eigenvalue weighted by molar-refractivity contribution is -0.123. The number of ether oxygens (including phenoxy) is 1. The van der Waals surface area contributed by atoms with Crippen LogP contribution >= 0.6 is 0 Å². The lowest BCUT2D eigenvalue weighted by Gasteiger charge is -2.21. The van der Waals surface area contributed by atoms with Crippen molar-refractivity contribution < 1.29 is 9.53 Å². The molecule has 0 fully saturated rings. The lowest BCUT2D eigenvalue weighted by atomic mass is 9.94. The fourth-order valence-electron chi connectivity index (χ4n) is 2.84. The Kier molecular flexibility index (Phi) is 5.80. The Morgan fingerprint density at radius 1 is 1.17 bits per heavy atom. The molecule has 2 rings (SSSR count). The molecule has 2 atom stereocenters. The minimum atomic E-state index is -0.130. The quantitative estimate of drug-likeness (QED) is 0.860. The van der Waals surface area contributed by atoms with Crippen molar-refractivity contribution in [2.24, 2.45) is 0 Å². The van der Waals surface area contributed by atoms with Gasteiger partial charge in [-0.3, -0.25) is 4.79 Å².